The molecule has 1 radical (unpaired) electrons. The van der Waals surface area contributed by atoms with E-state index in [-0.39, 0.29) is 20.9 Å². The van der Waals surface area contributed by atoms with E-state index in [0.717, 1.165) is 12.8 Å². The van der Waals surface area contributed by atoms with Gasteiger partial charge in [-0.05, 0) is 12.8 Å². The fourth-order valence-electron chi connectivity index (χ4n) is 0.786. The van der Waals surface area contributed by atoms with Crippen LogP contribution in [0.5, 0.6) is 0 Å². The second kappa shape index (κ2) is 10.9. The Morgan fingerprint density at radius 1 is 0.688 bits per heavy atom. The molecular formula is C10H13BF4Rh. The van der Waals surface area contributed by atoms with E-state index >= 15 is 0 Å². The molecule has 0 N–H and O–H groups in total. The van der Waals surface area contributed by atoms with Crippen LogP contribution in [0.15, 0.2) is 48.6 Å². The van der Waals surface area contributed by atoms with E-state index < -0.39 is 7.25 Å². The molecule has 0 unspecified atom stereocenters. The van der Waals surface area contributed by atoms with Crippen LogP contribution in [0.3, 0.4) is 0 Å². The molecule has 2 aliphatic rings. The first-order chi connectivity index (χ1) is 7.00. The van der Waals surface area contributed by atoms with Gasteiger partial charge >= 0.3 is 8.68 Å². The van der Waals surface area contributed by atoms with Gasteiger partial charge in [-0.3, -0.25) is 0 Å². The minimum Gasteiger partial charge on any atom is -0.418 e. The Hall–Kier alpha value is -0.632. The van der Waals surface area contributed by atoms with E-state index in [1.54, 1.807) is 0 Å². The van der Waals surface area contributed by atoms with Gasteiger partial charge in [-0.2, -0.15) is 0 Å². The second-order valence-corrected chi connectivity index (χ2v) is 2.68. The molecule has 0 bridgehead atoms. The average molecular weight is 323 g/mol. The van der Waals surface area contributed by atoms with Gasteiger partial charge in [0.25, 0.3) is 0 Å². The molecule has 0 spiro atoms. The zero-order valence-corrected chi connectivity index (χ0v) is 10.1. The molecule has 0 nitrogen and oxygen atoms in total. The molecule has 93 valence electrons. The van der Waals surface area contributed by atoms with Crippen LogP contribution >= 0.6 is 0 Å². The van der Waals surface area contributed by atoms with E-state index in [4.69, 9.17) is 0 Å². The molecule has 0 aliphatic heterocycles. The molecule has 0 atom stereocenters. The van der Waals surface area contributed by atoms with Crippen LogP contribution in [-0.4, -0.2) is 7.25 Å². The van der Waals surface area contributed by atoms with Crippen LogP contribution in [0.1, 0.15) is 14.3 Å². The molecule has 0 saturated heterocycles. The van der Waals surface area contributed by atoms with Crippen LogP contribution < -0.4 is 0 Å². The molecule has 6 heteroatoms. The summed E-state index contributed by atoms with van der Waals surface area (Å²) in [5.74, 6) is 0. The van der Waals surface area contributed by atoms with E-state index in [2.05, 4.69) is 48.6 Å². The van der Waals surface area contributed by atoms with Gasteiger partial charge in [-0.15, -0.1) is 0 Å². The third-order valence-corrected chi connectivity index (χ3v) is 1.31. The number of hydrogen-bond acceptors (Lipinski definition) is 0. The summed E-state index contributed by atoms with van der Waals surface area (Å²) in [4.78, 5) is 0. The summed E-state index contributed by atoms with van der Waals surface area (Å²) in [5.41, 5.74) is 0. The summed E-state index contributed by atoms with van der Waals surface area (Å²) in [6, 6.07) is 0. The Balaban J connectivity index is -0.000000163. The Labute approximate surface area is 107 Å². The predicted octanol–water partition coefficient (Wildman–Crippen LogP) is 4.42. The summed E-state index contributed by atoms with van der Waals surface area (Å²) < 4.78 is 39.0. The number of allylic oxidation sites excluding steroid dienone is 8. The molecule has 0 saturated carbocycles. The van der Waals surface area contributed by atoms with Crippen LogP contribution in [0, 0.1) is 0 Å². The Bertz CT molecular complexity index is 224. The Kier molecular flexibility index (Phi) is 12.1. The normalized spacial score (nSPS) is 14.8. The van der Waals surface area contributed by atoms with Gasteiger partial charge in [0.1, 0.15) is 0 Å². The molecule has 16 heavy (non-hydrogen) atoms. The van der Waals surface area contributed by atoms with Crippen LogP contribution in [0.2, 0.25) is 0 Å². The Morgan fingerprint density at radius 3 is 0.938 bits per heavy atom. The van der Waals surface area contributed by atoms with Crippen LogP contribution in [0.4, 0.5) is 17.3 Å². The maximum absolute atomic E-state index is 9.75. The topological polar surface area (TPSA) is 0 Å². The summed E-state index contributed by atoms with van der Waals surface area (Å²) in [5, 5.41) is 0. The standard InChI is InChI=1S/2C5H6.BF4.Rh/c2*1-2-4-5-3-1;2-1(3,4)5;/h2*1-4H,5H2;;/q;;-1;/p+1. The first kappa shape index (κ1) is 17.8. The van der Waals surface area contributed by atoms with Crippen molar-refractivity contribution < 1.29 is 38.2 Å². The summed E-state index contributed by atoms with van der Waals surface area (Å²) in [6.45, 7) is 0. The minimum atomic E-state index is -6.00. The zero-order valence-electron chi connectivity index (χ0n) is 9.46. The maximum atomic E-state index is 9.75. The number of rotatable bonds is 0. The van der Waals surface area contributed by atoms with Gasteiger partial charge in [-0.1, -0.05) is 48.6 Å². The number of hydrogen-bond donors (Lipinski definition) is 0. The van der Waals surface area contributed by atoms with Gasteiger partial charge < -0.3 is 17.3 Å². The fourth-order valence-corrected chi connectivity index (χ4v) is 0.786. The third-order valence-electron chi connectivity index (χ3n) is 1.31. The van der Waals surface area contributed by atoms with Gasteiger partial charge in [0.05, 0.1) is 0 Å². The molecule has 2 rings (SSSR count). The van der Waals surface area contributed by atoms with E-state index in [1.165, 1.54) is 0 Å². The molecule has 0 fully saturated rings. The van der Waals surface area contributed by atoms with E-state index in [0.29, 0.717) is 0 Å². The van der Waals surface area contributed by atoms with Crippen molar-refractivity contribution >= 4 is 7.25 Å². The van der Waals surface area contributed by atoms with Crippen LogP contribution in [0.25, 0.3) is 0 Å². The quantitative estimate of drug-likeness (QED) is 0.457. The Morgan fingerprint density at radius 2 is 0.875 bits per heavy atom. The van der Waals surface area contributed by atoms with E-state index in [1.807, 2.05) is 0 Å². The van der Waals surface area contributed by atoms with Gasteiger partial charge in [-0.25, -0.2) is 0 Å². The molecule has 0 heterocycles. The molecule has 0 aromatic rings. The minimum absolute atomic E-state index is 0. The molecular weight excluding hydrogens is 310 g/mol. The summed E-state index contributed by atoms with van der Waals surface area (Å²) in [7, 11) is -6.00. The fraction of sp³-hybridized carbons (Fsp3) is 0.200. The average Bonchev–Trinajstić information content (AvgIpc) is 2.81. The largest absolute Gasteiger partial charge is 1.00 e. The third kappa shape index (κ3) is 23.3. The summed E-state index contributed by atoms with van der Waals surface area (Å²) in [6.07, 6.45) is 19.0. The molecule has 0 aromatic heterocycles. The van der Waals surface area contributed by atoms with Crippen molar-refractivity contribution in [3.05, 3.63) is 48.6 Å². The van der Waals surface area contributed by atoms with Crippen molar-refractivity contribution in [2.75, 3.05) is 0 Å². The summed E-state index contributed by atoms with van der Waals surface area (Å²) >= 11 is 0. The molecule has 0 aromatic carbocycles. The predicted molar refractivity (Wildman–Crippen MR) is 57.1 cm³/mol. The zero-order chi connectivity index (χ0) is 11.6. The first-order valence-electron chi connectivity index (χ1n) is 4.51. The van der Waals surface area contributed by atoms with E-state index in [9.17, 15) is 17.3 Å². The van der Waals surface area contributed by atoms with Crippen molar-refractivity contribution in [1.82, 2.24) is 0 Å². The van der Waals surface area contributed by atoms with Gasteiger partial charge in [0.2, 0.25) is 0 Å². The van der Waals surface area contributed by atoms with Crippen molar-refractivity contribution in [1.29, 1.82) is 0 Å². The smallest absolute Gasteiger partial charge is 0.418 e. The van der Waals surface area contributed by atoms with Gasteiger partial charge in [0.15, 0.2) is 0 Å². The first-order valence-corrected chi connectivity index (χ1v) is 4.51. The molecule has 2 aliphatic carbocycles. The second-order valence-electron chi connectivity index (χ2n) is 2.68. The van der Waals surface area contributed by atoms with Gasteiger partial charge in [0, 0.05) is 19.5 Å². The monoisotopic (exact) mass is 323 g/mol. The van der Waals surface area contributed by atoms with Crippen molar-refractivity contribution in [3.8, 4) is 0 Å². The number of halogens is 4. The maximum Gasteiger partial charge on any atom is 1.00 e. The SMILES string of the molecule is C1=CCC=C1.C1=CCC=C1.F[B-](F)(F)F.[H+].[Rh]. The van der Waals surface area contributed by atoms with Crippen molar-refractivity contribution in [2.45, 2.75) is 12.8 Å². The molecule has 0 amide bonds. The van der Waals surface area contributed by atoms with Crippen LogP contribution in [-0.2, 0) is 19.5 Å². The van der Waals surface area contributed by atoms with Crippen molar-refractivity contribution in [3.63, 3.8) is 0 Å². The van der Waals surface area contributed by atoms with Crippen molar-refractivity contribution in [2.24, 2.45) is 0 Å².